The molecule has 3 aliphatic rings. The highest BCUT2D eigenvalue weighted by Gasteiger charge is 2.80. The number of aliphatic hydroxyl groups is 4. The molecule has 0 bridgehead atoms. The maximum absolute atomic E-state index is 9.85. The lowest BCUT2D eigenvalue weighted by Gasteiger charge is -2.49. The van der Waals surface area contributed by atoms with Crippen molar-refractivity contribution in [1.29, 1.82) is 0 Å². The molecule has 13 heavy (non-hydrogen) atoms. The van der Waals surface area contributed by atoms with Gasteiger partial charge in [0.1, 0.15) is 0 Å². The van der Waals surface area contributed by atoms with E-state index in [4.69, 9.17) is 9.84 Å². The van der Waals surface area contributed by atoms with Crippen LogP contribution in [-0.2, 0) is 4.74 Å². The molecule has 1 saturated heterocycles. The van der Waals surface area contributed by atoms with E-state index >= 15 is 0 Å². The molecule has 5 unspecified atom stereocenters. The zero-order valence-electron chi connectivity index (χ0n) is 6.87. The fourth-order valence-electron chi connectivity index (χ4n) is 3.11. The van der Waals surface area contributed by atoms with Crippen molar-refractivity contribution < 1.29 is 25.2 Å². The Balaban J connectivity index is 1.92. The molecule has 0 spiro atoms. The van der Waals surface area contributed by atoms with Crippen LogP contribution in [0.3, 0.4) is 0 Å². The van der Waals surface area contributed by atoms with Gasteiger partial charge >= 0.3 is 0 Å². The third-order valence-electron chi connectivity index (χ3n) is 3.79. The minimum absolute atomic E-state index is 0.0918. The molecule has 1 aliphatic heterocycles. The van der Waals surface area contributed by atoms with Crippen molar-refractivity contribution in [3.8, 4) is 0 Å². The first-order chi connectivity index (χ1) is 6.11. The molecule has 0 amide bonds. The highest BCUT2D eigenvalue weighted by Crippen LogP contribution is 2.68. The molecule has 0 aromatic carbocycles. The van der Waals surface area contributed by atoms with Crippen LogP contribution in [0.2, 0.25) is 0 Å². The van der Waals surface area contributed by atoms with Gasteiger partial charge in [0.2, 0.25) is 0 Å². The van der Waals surface area contributed by atoms with E-state index in [9.17, 15) is 15.3 Å². The van der Waals surface area contributed by atoms with Gasteiger partial charge in [-0.25, -0.2) is 0 Å². The van der Waals surface area contributed by atoms with E-state index in [-0.39, 0.29) is 18.4 Å². The normalized spacial score (nSPS) is 68.3. The zero-order valence-corrected chi connectivity index (χ0v) is 6.87. The number of rotatable bonds is 1. The van der Waals surface area contributed by atoms with Crippen LogP contribution in [0.4, 0.5) is 0 Å². The van der Waals surface area contributed by atoms with Crippen LogP contribution >= 0.6 is 0 Å². The van der Waals surface area contributed by atoms with Gasteiger partial charge in [-0.2, -0.15) is 0 Å². The van der Waals surface area contributed by atoms with Crippen molar-refractivity contribution in [2.24, 2.45) is 23.7 Å². The topological polar surface area (TPSA) is 90.2 Å². The van der Waals surface area contributed by atoms with Crippen molar-refractivity contribution in [1.82, 2.24) is 0 Å². The van der Waals surface area contributed by atoms with Gasteiger partial charge in [-0.1, -0.05) is 0 Å². The molecule has 74 valence electrons. The Morgan fingerprint density at radius 1 is 1.23 bits per heavy atom. The van der Waals surface area contributed by atoms with Crippen LogP contribution in [0.25, 0.3) is 0 Å². The van der Waals surface area contributed by atoms with Crippen molar-refractivity contribution in [2.45, 2.75) is 18.2 Å². The highest BCUT2D eigenvalue weighted by molar-refractivity contribution is 5.21. The Hall–Kier alpha value is -0.200. The van der Waals surface area contributed by atoms with Gasteiger partial charge in [0.15, 0.2) is 12.1 Å². The lowest BCUT2D eigenvalue weighted by atomic mass is 9.84. The van der Waals surface area contributed by atoms with E-state index in [1.54, 1.807) is 0 Å². The van der Waals surface area contributed by atoms with Gasteiger partial charge < -0.3 is 25.2 Å². The number of hydrogen-bond donors (Lipinski definition) is 4. The van der Waals surface area contributed by atoms with Crippen molar-refractivity contribution in [3.63, 3.8) is 0 Å². The van der Waals surface area contributed by atoms with Gasteiger partial charge in [0.25, 0.3) is 0 Å². The second-order valence-electron chi connectivity index (χ2n) is 4.22. The summed E-state index contributed by atoms with van der Waals surface area (Å²) >= 11 is 0. The fraction of sp³-hybridized carbons (Fsp3) is 1.00. The smallest absolute Gasteiger partial charge is 0.182 e. The SMILES string of the molecule is OCC1[C@@H]2C(O)[C@@H]2C2C(O)OC12O. The molecule has 3 fully saturated rings. The summed E-state index contributed by atoms with van der Waals surface area (Å²) in [4.78, 5) is 0. The first-order valence-electron chi connectivity index (χ1n) is 4.48. The zero-order chi connectivity index (χ0) is 9.38. The maximum Gasteiger partial charge on any atom is 0.182 e. The summed E-state index contributed by atoms with van der Waals surface area (Å²) < 4.78 is 4.84. The molecular formula is C8H12O5. The molecule has 3 rings (SSSR count). The van der Waals surface area contributed by atoms with Crippen LogP contribution in [0.5, 0.6) is 0 Å². The number of aliphatic hydroxyl groups excluding tert-OH is 3. The summed E-state index contributed by atoms with van der Waals surface area (Å²) in [5.74, 6) is -2.43. The summed E-state index contributed by atoms with van der Waals surface area (Å²) in [6.45, 7) is -0.210. The molecule has 5 heteroatoms. The first kappa shape index (κ1) is 8.14. The van der Waals surface area contributed by atoms with Gasteiger partial charge in [0, 0.05) is 17.8 Å². The van der Waals surface area contributed by atoms with Crippen molar-refractivity contribution >= 4 is 0 Å². The Morgan fingerprint density at radius 2 is 1.92 bits per heavy atom. The molecule has 0 aromatic heterocycles. The fourth-order valence-corrected chi connectivity index (χ4v) is 3.11. The lowest BCUT2D eigenvalue weighted by Crippen LogP contribution is -2.63. The third kappa shape index (κ3) is 0.681. The third-order valence-corrected chi connectivity index (χ3v) is 3.79. The largest absolute Gasteiger partial charge is 0.396 e. The Labute approximate surface area is 74.6 Å². The lowest BCUT2D eigenvalue weighted by molar-refractivity contribution is -0.433. The summed E-state index contributed by atoms with van der Waals surface area (Å²) in [6.07, 6.45) is -1.47. The van der Waals surface area contributed by atoms with Crippen LogP contribution in [-0.4, -0.2) is 45.2 Å². The minimum Gasteiger partial charge on any atom is -0.396 e. The summed E-state index contributed by atoms with van der Waals surface area (Å²) in [6, 6.07) is 0. The molecular weight excluding hydrogens is 176 g/mol. The molecule has 5 nitrogen and oxygen atoms in total. The molecule has 7 atom stereocenters. The average Bonchev–Trinajstić information content (AvgIpc) is 2.61. The van der Waals surface area contributed by atoms with E-state index < -0.39 is 30.0 Å². The second-order valence-corrected chi connectivity index (χ2v) is 4.22. The highest BCUT2D eigenvalue weighted by atomic mass is 16.7. The minimum atomic E-state index is -1.39. The van der Waals surface area contributed by atoms with Crippen molar-refractivity contribution in [3.05, 3.63) is 0 Å². The first-order valence-corrected chi connectivity index (χ1v) is 4.48. The molecule has 0 radical (unpaired) electrons. The predicted octanol–water partition coefficient (Wildman–Crippen LogP) is -2.13. The van der Waals surface area contributed by atoms with Gasteiger partial charge in [-0.3, -0.25) is 0 Å². The van der Waals surface area contributed by atoms with Crippen LogP contribution in [0.1, 0.15) is 0 Å². The van der Waals surface area contributed by atoms with Crippen molar-refractivity contribution in [2.75, 3.05) is 6.61 Å². The summed E-state index contributed by atoms with van der Waals surface area (Å²) in [5.41, 5.74) is 0. The standard InChI is InChI=1S/C8H12O5/c9-1-2-3-4(6(3)10)5-7(11)13-8(2,5)12/h2-7,9-12H,1H2/t2?,3-,4-,5?,6?,7?,8?/m0/s1. The molecule has 1 heterocycles. The Morgan fingerprint density at radius 3 is 2.38 bits per heavy atom. The number of ether oxygens (including phenoxy) is 1. The monoisotopic (exact) mass is 188 g/mol. The Bertz CT molecular complexity index is 243. The van der Waals surface area contributed by atoms with E-state index in [0.29, 0.717) is 0 Å². The maximum atomic E-state index is 9.85. The molecule has 0 aromatic rings. The van der Waals surface area contributed by atoms with E-state index in [2.05, 4.69) is 0 Å². The number of hydrogen-bond acceptors (Lipinski definition) is 5. The summed E-state index contributed by atoms with van der Waals surface area (Å²) in [7, 11) is 0. The van der Waals surface area contributed by atoms with Gasteiger partial charge in [-0.05, 0) is 0 Å². The van der Waals surface area contributed by atoms with Crippen LogP contribution in [0.15, 0.2) is 0 Å². The second kappa shape index (κ2) is 2.07. The van der Waals surface area contributed by atoms with Gasteiger partial charge in [0.05, 0.1) is 18.6 Å². The quantitative estimate of drug-likeness (QED) is 0.377. The molecule has 4 N–H and O–H groups in total. The van der Waals surface area contributed by atoms with E-state index in [1.165, 1.54) is 0 Å². The summed E-state index contributed by atoms with van der Waals surface area (Å²) in [5, 5.41) is 37.5. The number of fused-ring (bicyclic) bond motifs is 3. The molecule has 2 saturated carbocycles. The predicted molar refractivity (Wildman–Crippen MR) is 39.1 cm³/mol. The van der Waals surface area contributed by atoms with E-state index in [0.717, 1.165) is 0 Å². The van der Waals surface area contributed by atoms with Crippen LogP contribution in [0, 0.1) is 23.7 Å². The molecule has 2 aliphatic carbocycles. The Kier molecular flexibility index (Phi) is 1.29. The van der Waals surface area contributed by atoms with Crippen LogP contribution < -0.4 is 0 Å². The van der Waals surface area contributed by atoms with E-state index in [1.807, 2.05) is 0 Å². The van der Waals surface area contributed by atoms with Gasteiger partial charge in [-0.15, -0.1) is 0 Å². The average molecular weight is 188 g/mol.